The lowest BCUT2D eigenvalue weighted by Gasteiger charge is -2.42. The molecule has 0 saturated heterocycles. The number of hydrogen-bond acceptors (Lipinski definition) is 0. The predicted octanol–water partition coefficient (Wildman–Crippen LogP) is 3.13. The summed E-state index contributed by atoms with van der Waals surface area (Å²) < 4.78 is 36.5. The van der Waals surface area contributed by atoms with Crippen molar-refractivity contribution in [2.24, 2.45) is 5.41 Å². The van der Waals surface area contributed by atoms with Crippen molar-refractivity contribution in [1.82, 2.24) is 0 Å². The molecule has 1 fully saturated rings. The van der Waals surface area contributed by atoms with Crippen LogP contribution in [0.1, 0.15) is 32.6 Å². The average Bonchev–Trinajstić information content (AvgIpc) is 1.58. The first-order valence-corrected chi connectivity index (χ1v) is 3.58. The summed E-state index contributed by atoms with van der Waals surface area (Å²) in [7, 11) is 0. The predicted molar refractivity (Wildman–Crippen MR) is 32.6 cm³/mol. The minimum Gasteiger partial charge on any atom is -0.171 e. The second-order valence-corrected chi connectivity index (χ2v) is 2.99. The Kier molecular flexibility index (Phi) is 1.69. The van der Waals surface area contributed by atoms with Gasteiger partial charge in [-0.3, -0.25) is 0 Å². The van der Waals surface area contributed by atoms with Gasteiger partial charge in [-0.1, -0.05) is 13.3 Å². The molecule has 1 saturated carbocycles. The summed E-state index contributed by atoms with van der Waals surface area (Å²) in [5.41, 5.74) is -1.30. The van der Waals surface area contributed by atoms with Gasteiger partial charge in [0.2, 0.25) is 0 Å². The molecule has 0 unspecified atom stereocenters. The fourth-order valence-corrected chi connectivity index (χ4v) is 1.44. The average molecular weight is 152 g/mol. The van der Waals surface area contributed by atoms with Gasteiger partial charge in [-0.2, -0.15) is 13.2 Å². The number of halogens is 3. The van der Waals surface area contributed by atoms with Crippen molar-refractivity contribution in [2.45, 2.75) is 38.8 Å². The second-order valence-electron chi connectivity index (χ2n) is 2.99. The van der Waals surface area contributed by atoms with Gasteiger partial charge in [0.05, 0.1) is 5.41 Å². The van der Waals surface area contributed by atoms with Gasteiger partial charge < -0.3 is 0 Å². The van der Waals surface area contributed by atoms with Crippen LogP contribution in [0, 0.1) is 5.41 Å². The molecule has 3 heteroatoms. The molecule has 0 aromatic carbocycles. The fourth-order valence-electron chi connectivity index (χ4n) is 1.44. The van der Waals surface area contributed by atoms with E-state index in [-0.39, 0.29) is 6.42 Å². The molecule has 10 heavy (non-hydrogen) atoms. The Morgan fingerprint density at radius 1 is 1.30 bits per heavy atom. The van der Waals surface area contributed by atoms with Crippen LogP contribution in [0.4, 0.5) is 13.2 Å². The first-order valence-electron chi connectivity index (χ1n) is 3.58. The molecule has 60 valence electrons. The minimum atomic E-state index is -3.96. The molecule has 0 spiro atoms. The van der Waals surface area contributed by atoms with Gasteiger partial charge in [-0.05, 0) is 19.3 Å². The highest BCUT2D eigenvalue weighted by molar-refractivity contribution is 4.92. The van der Waals surface area contributed by atoms with Crippen LogP contribution in [-0.4, -0.2) is 6.18 Å². The van der Waals surface area contributed by atoms with Crippen LogP contribution < -0.4 is 0 Å². The van der Waals surface area contributed by atoms with Crippen LogP contribution in [0.15, 0.2) is 0 Å². The van der Waals surface area contributed by atoms with E-state index in [1.807, 2.05) is 0 Å². The molecule has 0 radical (unpaired) electrons. The SMILES string of the molecule is CCC1(C(F)(F)F)CCC1. The fraction of sp³-hybridized carbons (Fsp3) is 1.00. The summed E-state index contributed by atoms with van der Waals surface area (Å²) in [6.45, 7) is 1.62. The Hall–Kier alpha value is -0.210. The van der Waals surface area contributed by atoms with Crippen molar-refractivity contribution in [3.63, 3.8) is 0 Å². The third kappa shape index (κ3) is 0.917. The highest BCUT2D eigenvalue weighted by Crippen LogP contribution is 2.54. The van der Waals surface area contributed by atoms with Crippen molar-refractivity contribution >= 4 is 0 Å². The van der Waals surface area contributed by atoms with Gasteiger partial charge in [-0.25, -0.2) is 0 Å². The van der Waals surface area contributed by atoms with E-state index in [0.29, 0.717) is 12.8 Å². The van der Waals surface area contributed by atoms with Gasteiger partial charge >= 0.3 is 6.18 Å². The molecule has 0 bridgehead atoms. The van der Waals surface area contributed by atoms with E-state index in [9.17, 15) is 13.2 Å². The molecule has 0 atom stereocenters. The molecule has 1 aliphatic rings. The van der Waals surface area contributed by atoms with Crippen LogP contribution in [0.5, 0.6) is 0 Å². The Balaban J connectivity index is 2.65. The van der Waals surface area contributed by atoms with E-state index in [4.69, 9.17) is 0 Å². The molecule has 0 N–H and O–H groups in total. The van der Waals surface area contributed by atoms with Crippen LogP contribution in [0.25, 0.3) is 0 Å². The maximum Gasteiger partial charge on any atom is 0.394 e. The van der Waals surface area contributed by atoms with E-state index < -0.39 is 11.6 Å². The first-order chi connectivity index (χ1) is 4.52. The first kappa shape index (κ1) is 7.89. The lowest BCUT2D eigenvalue weighted by atomic mass is 9.66. The van der Waals surface area contributed by atoms with E-state index in [1.165, 1.54) is 0 Å². The summed E-state index contributed by atoms with van der Waals surface area (Å²) in [4.78, 5) is 0. The van der Waals surface area contributed by atoms with Crippen LogP contribution >= 0.6 is 0 Å². The highest BCUT2D eigenvalue weighted by atomic mass is 19.4. The van der Waals surface area contributed by atoms with Crippen molar-refractivity contribution < 1.29 is 13.2 Å². The van der Waals surface area contributed by atoms with Crippen molar-refractivity contribution in [1.29, 1.82) is 0 Å². The summed E-state index contributed by atoms with van der Waals surface area (Å²) in [6, 6.07) is 0. The normalized spacial score (nSPS) is 24.0. The van der Waals surface area contributed by atoms with Gasteiger partial charge in [-0.15, -0.1) is 0 Å². The molecule has 0 nitrogen and oxygen atoms in total. The maximum atomic E-state index is 12.2. The number of rotatable bonds is 1. The van der Waals surface area contributed by atoms with Crippen molar-refractivity contribution in [3.05, 3.63) is 0 Å². The number of hydrogen-bond donors (Lipinski definition) is 0. The maximum absolute atomic E-state index is 12.2. The molecular formula is C7H11F3. The van der Waals surface area contributed by atoms with E-state index in [0.717, 1.165) is 6.42 Å². The smallest absolute Gasteiger partial charge is 0.171 e. The van der Waals surface area contributed by atoms with Crippen molar-refractivity contribution in [2.75, 3.05) is 0 Å². The zero-order valence-corrected chi connectivity index (χ0v) is 5.96. The lowest BCUT2D eigenvalue weighted by Crippen LogP contribution is -2.43. The highest BCUT2D eigenvalue weighted by Gasteiger charge is 2.56. The zero-order chi connectivity index (χ0) is 7.83. The van der Waals surface area contributed by atoms with E-state index in [2.05, 4.69) is 0 Å². The molecule has 1 rings (SSSR count). The monoisotopic (exact) mass is 152 g/mol. The summed E-state index contributed by atoms with van der Waals surface area (Å²) >= 11 is 0. The molecule has 0 aromatic rings. The van der Waals surface area contributed by atoms with E-state index >= 15 is 0 Å². The third-order valence-electron chi connectivity index (χ3n) is 2.59. The van der Waals surface area contributed by atoms with Gasteiger partial charge in [0, 0.05) is 0 Å². The molecule has 0 aromatic heterocycles. The Bertz CT molecular complexity index is 116. The lowest BCUT2D eigenvalue weighted by molar-refractivity contribution is -0.251. The standard InChI is InChI=1S/C7H11F3/c1-2-6(4-3-5-6)7(8,9)10/h2-5H2,1H3. The van der Waals surface area contributed by atoms with Gasteiger partial charge in [0.15, 0.2) is 0 Å². The zero-order valence-electron chi connectivity index (χ0n) is 5.96. The van der Waals surface area contributed by atoms with Crippen LogP contribution in [0.3, 0.4) is 0 Å². The third-order valence-corrected chi connectivity index (χ3v) is 2.59. The summed E-state index contributed by atoms with van der Waals surface area (Å²) in [5.74, 6) is 0. The Labute approximate surface area is 58.4 Å². The Morgan fingerprint density at radius 2 is 1.80 bits per heavy atom. The molecule has 0 amide bonds. The van der Waals surface area contributed by atoms with Gasteiger partial charge in [0.1, 0.15) is 0 Å². The van der Waals surface area contributed by atoms with E-state index in [1.54, 1.807) is 6.92 Å². The largest absolute Gasteiger partial charge is 0.394 e. The van der Waals surface area contributed by atoms with Gasteiger partial charge in [0.25, 0.3) is 0 Å². The van der Waals surface area contributed by atoms with Crippen LogP contribution in [-0.2, 0) is 0 Å². The second kappa shape index (κ2) is 2.14. The Morgan fingerprint density at radius 3 is 1.80 bits per heavy atom. The van der Waals surface area contributed by atoms with Crippen LogP contribution in [0.2, 0.25) is 0 Å². The molecule has 0 heterocycles. The molecule has 0 aliphatic heterocycles. The molecule has 1 aliphatic carbocycles. The van der Waals surface area contributed by atoms with Crippen molar-refractivity contribution in [3.8, 4) is 0 Å². The summed E-state index contributed by atoms with van der Waals surface area (Å²) in [5, 5.41) is 0. The molecular weight excluding hydrogens is 141 g/mol. The topological polar surface area (TPSA) is 0 Å². The summed E-state index contributed by atoms with van der Waals surface area (Å²) in [6.07, 6.45) is -2.29. The minimum absolute atomic E-state index is 0.247. The quantitative estimate of drug-likeness (QED) is 0.541. The number of alkyl halides is 3.